The summed E-state index contributed by atoms with van der Waals surface area (Å²) in [6.45, 7) is 0. The number of para-hydroxylation sites is 2. The van der Waals surface area contributed by atoms with Gasteiger partial charge in [0.2, 0.25) is 0 Å². The van der Waals surface area contributed by atoms with Crippen molar-refractivity contribution < 1.29 is 9.16 Å². The minimum absolute atomic E-state index is 0.770. The predicted octanol–water partition coefficient (Wildman–Crippen LogP) is 2.61. The van der Waals surface area contributed by atoms with Crippen LogP contribution in [0.3, 0.4) is 0 Å². The van der Waals surface area contributed by atoms with E-state index in [0.29, 0.717) is 0 Å². The van der Waals surface area contributed by atoms with Crippen LogP contribution in [0.15, 0.2) is 84.9 Å². The zero-order valence-electron chi connectivity index (χ0n) is 12.5. The average molecular weight is 306 g/mol. The van der Waals surface area contributed by atoms with Crippen LogP contribution in [0.5, 0.6) is 11.5 Å². The van der Waals surface area contributed by atoms with Crippen molar-refractivity contribution in [1.82, 2.24) is 0 Å². The molecule has 3 heteroatoms. The first-order valence-electron chi connectivity index (χ1n) is 7.28. The zero-order valence-corrected chi connectivity index (χ0v) is 13.6. The second kappa shape index (κ2) is 6.96. The fraction of sp³-hybridized carbons (Fsp3) is 0.0526. The summed E-state index contributed by atoms with van der Waals surface area (Å²) in [6.07, 6.45) is 0. The highest BCUT2D eigenvalue weighted by Gasteiger charge is 2.20. The van der Waals surface area contributed by atoms with Crippen LogP contribution in [0, 0.1) is 0 Å². The van der Waals surface area contributed by atoms with E-state index in [9.17, 15) is 0 Å². The Bertz CT molecular complexity index is 674. The molecule has 0 saturated heterocycles. The molecule has 0 aliphatic carbocycles. The summed E-state index contributed by atoms with van der Waals surface area (Å²) >= 11 is 0. The highest BCUT2D eigenvalue weighted by atomic mass is 28.3. The quantitative estimate of drug-likeness (QED) is 0.675. The first-order chi connectivity index (χ1) is 10.9. The van der Waals surface area contributed by atoms with E-state index < -0.39 is 9.04 Å². The highest BCUT2D eigenvalue weighted by molar-refractivity contribution is 6.80. The van der Waals surface area contributed by atoms with E-state index in [-0.39, 0.29) is 0 Å². The maximum Gasteiger partial charge on any atom is 0.299 e. The third kappa shape index (κ3) is 3.20. The molecule has 0 amide bonds. The largest absolute Gasteiger partial charge is 0.535 e. The SMILES string of the molecule is COc1ccccc1O[SiH](c1ccccc1)c1ccccc1. The molecule has 0 unspecified atom stereocenters. The van der Waals surface area contributed by atoms with Crippen LogP contribution in [0.25, 0.3) is 0 Å². The molecule has 0 atom stereocenters. The van der Waals surface area contributed by atoms with Crippen molar-refractivity contribution in [2.75, 3.05) is 7.11 Å². The van der Waals surface area contributed by atoms with E-state index >= 15 is 0 Å². The standard InChI is InChI=1S/C19H18O2Si/c1-20-18-14-8-9-15-19(18)21-22(16-10-4-2-5-11-16)17-12-6-3-7-13-17/h2-15,22H,1H3. The summed E-state index contributed by atoms with van der Waals surface area (Å²) in [4.78, 5) is 0. The molecule has 0 aromatic heterocycles. The number of methoxy groups -OCH3 is 1. The van der Waals surface area contributed by atoms with E-state index in [2.05, 4.69) is 48.5 Å². The Morgan fingerprint density at radius 2 is 1.05 bits per heavy atom. The molecule has 22 heavy (non-hydrogen) atoms. The summed E-state index contributed by atoms with van der Waals surface area (Å²) in [5.41, 5.74) is 0. The molecule has 3 aromatic carbocycles. The number of hydrogen-bond donors (Lipinski definition) is 0. The van der Waals surface area contributed by atoms with Gasteiger partial charge in [-0.15, -0.1) is 0 Å². The molecule has 0 heterocycles. The Balaban J connectivity index is 1.99. The van der Waals surface area contributed by atoms with Gasteiger partial charge in [0.1, 0.15) is 5.75 Å². The van der Waals surface area contributed by atoms with Gasteiger partial charge in [0, 0.05) is 0 Å². The van der Waals surface area contributed by atoms with Gasteiger partial charge in [-0.1, -0.05) is 72.8 Å². The summed E-state index contributed by atoms with van der Waals surface area (Å²) < 4.78 is 11.8. The van der Waals surface area contributed by atoms with Crippen LogP contribution in [0.4, 0.5) is 0 Å². The zero-order chi connectivity index (χ0) is 15.2. The number of ether oxygens (including phenoxy) is 1. The third-order valence-corrected chi connectivity index (χ3v) is 5.99. The van der Waals surface area contributed by atoms with Crippen LogP contribution < -0.4 is 19.5 Å². The first kappa shape index (κ1) is 14.4. The molecule has 0 saturated carbocycles. The Morgan fingerprint density at radius 3 is 1.55 bits per heavy atom. The average Bonchev–Trinajstić information content (AvgIpc) is 2.61. The monoisotopic (exact) mass is 306 g/mol. The molecular weight excluding hydrogens is 288 g/mol. The van der Waals surface area contributed by atoms with Crippen LogP contribution in [0.2, 0.25) is 0 Å². The lowest BCUT2D eigenvalue weighted by atomic mass is 10.3. The number of hydrogen-bond acceptors (Lipinski definition) is 2. The molecule has 0 fully saturated rings. The van der Waals surface area contributed by atoms with Crippen molar-refractivity contribution in [2.45, 2.75) is 0 Å². The Morgan fingerprint density at radius 1 is 0.591 bits per heavy atom. The summed E-state index contributed by atoms with van der Waals surface area (Å²) in [7, 11) is -0.129. The van der Waals surface area contributed by atoms with Crippen molar-refractivity contribution in [3.05, 3.63) is 84.9 Å². The fourth-order valence-electron chi connectivity index (χ4n) is 2.43. The molecular formula is C19H18O2Si. The smallest absolute Gasteiger partial charge is 0.299 e. The molecule has 0 bridgehead atoms. The van der Waals surface area contributed by atoms with E-state index in [1.54, 1.807) is 7.11 Å². The molecule has 0 N–H and O–H groups in total. The first-order valence-corrected chi connectivity index (χ1v) is 8.90. The minimum Gasteiger partial charge on any atom is -0.535 e. The summed E-state index contributed by atoms with van der Waals surface area (Å²) in [5.74, 6) is 1.57. The molecule has 2 nitrogen and oxygen atoms in total. The third-order valence-electron chi connectivity index (χ3n) is 3.52. The predicted molar refractivity (Wildman–Crippen MR) is 92.9 cm³/mol. The molecule has 0 aliphatic rings. The lowest BCUT2D eigenvalue weighted by Crippen LogP contribution is -2.47. The van der Waals surface area contributed by atoms with E-state index in [1.165, 1.54) is 10.4 Å². The van der Waals surface area contributed by atoms with Crippen LogP contribution >= 0.6 is 0 Å². The molecule has 0 aliphatic heterocycles. The Kier molecular flexibility index (Phi) is 4.56. The number of benzene rings is 3. The van der Waals surface area contributed by atoms with Crippen molar-refractivity contribution in [3.8, 4) is 11.5 Å². The number of rotatable bonds is 5. The highest BCUT2D eigenvalue weighted by Crippen LogP contribution is 2.26. The van der Waals surface area contributed by atoms with Gasteiger partial charge in [0.25, 0.3) is 9.04 Å². The molecule has 3 rings (SSSR count). The van der Waals surface area contributed by atoms with Gasteiger partial charge in [-0.2, -0.15) is 0 Å². The lowest BCUT2D eigenvalue weighted by Gasteiger charge is -2.20. The summed E-state index contributed by atoms with van der Waals surface area (Å²) in [5, 5.41) is 2.50. The van der Waals surface area contributed by atoms with E-state index in [4.69, 9.17) is 9.16 Å². The van der Waals surface area contributed by atoms with Crippen LogP contribution in [-0.4, -0.2) is 16.2 Å². The van der Waals surface area contributed by atoms with Gasteiger partial charge in [0.15, 0.2) is 5.75 Å². The van der Waals surface area contributed by atoms with Gasteiger partial charge < -0.3 is 9.16 Å². The van der Waals surface area contributed by atoms with Gasteiger partial charge >= 0.3 is 0 Å². The van der Waals surface area contributed by atoms with Crippen molar-refractivity contribution in [1.29, 1.82) is 0 Å². The van der Waals surface area contributed by atoms with Gasteiger partial charge in [-0.05, 0) is 22.5 Å². The molecule has 0 spiro atoms. The fourth-order valence-corrected chi connectivity index (χ4v) is 4.68. The van der Waals surface area contributed by atoms with E-state index in [0.717, 1.165) is 11.5 Å². The van der Waals surface area contributed by atoms with Crippen LogP contribution in [0.1, 0.15) is 0 Å². The maximum absolute atomic E-state index is 6.42. The molecule has 3 aromatic rings. The van der Waals surface area contributed by atoms with Crippen molar-refractivity contribution >= 4 is 19.4 Å². The van der Waals surface area contributed by atoms with Crippen molar-refractivity contribution in [2.24, 2.45) is 0 Å². The Labute approximate surface area is 132 Å². The molecule has 0 radical (unpaired) electrons. The van der Waals surface area contributed by atoms with Crippen LogP contribution in [-0.2, 0) is 0 Å². The maximum atomic E-state index is 6.42. The second-order valence-electron chi connectivity index (χ2n) is 4.97. The topological polar surface area (TPSA) is 18.5 Å². The Hall–Kier alpha value is -2.52. The molecule has 110 valence electrons. The van der Waals surface area contributed by atoms with E-state index in [1.807, 2.05) is 36.4 Å². The van der Waals surface area contributed by atoms with Gasteiger partial charge in [-0.25, -0.2) is 0 Å². The normalized spacial score (nSPS) is 10.5. The lowest BCUT2D eigenvalue weighted by molar-refractivity contribution is 0.395. The van der Waals surface area contributed by atoms with Gasteiger partial charge in [0.05, 0.1) is 7.11 Å². The van der Waals surface area contributed by atoms with Gasteiger partial charge in [-0.3, -0.25) is 0 Å². The van der Waals surface area contributed by atoms with Crippen molar-refractivity contribution in [3.63, 3.8) is 0 Å². The summed E-state index contributed by atoms with van der Waals surface area (Å²) in [6, 6.07) is 28.7. The second-order valence-corrected chi connectivity index (χ2v) is 7.30. The minimum atomic E-state index is -1.80.